The fraction of sp³-hybridized carbons (Fsp3) is 0.150. The molecule has 0 saturated carbocycles. The van der Waals surface area contributed by atoms with E-state index in [0.717, 1.165) is 16.5 Å². The van der Waals surface area contributed by atoms with Crippen molar-refractivity contribution in [2.24, 2.45) is 0 Å². The lowest BCUT2D eigenvalue weighted by Crippen LogP contribution is -2.23. The highest BCUT2D eigenvalue weighted by Gasteiger charge is 2.22. The number of nitro benzene ring substituents is 1. The highest BCUT2D eigenvalue weighted by Crippen LogP contribution is 2.38. The standard InChI is InChI=1S/C20H17N3O5/c24-20(21-8-7-14-11-22-16-4-2-1-3-15(14)16)6-5-13-9-18-19(28-12-27-18)10-17(13)23(25)26/h1-6,9-11,22H,7-8,12H2,(H,21,24). The predicted molar refractivity (Wildman–Crippen MR) is 103 cm³/mol. The lowest BCUT2D eigenvalue weighted by molar-refractivity contribution is -0.385. The Morgan fingerprint density at radius 1 is 1.25 bits per heavy atom. The summed E-state index contributed by atoms with van der Waals surface area (Å²) in [6.45, 7) is 0.474. The Balaban J connectivity index is 1.40. The molecule has 1 aliphatic rings. The molecule has 2 heterocycles. The Morgan fingerprint density at radius 3 is 2.86 bits per heavy atom. The molecule has 0 unspecified atom stereocenters. The minimum atomic E-state index is -0.517. The second kappa shape index (κ2) is 7.43. The maximum Gasteiger partial charge on any atom is 0.280 e. The first-order chi connectivity index (χ1) is 13.6. The van der Waals surface area contributed by atoms with Crippen molar-refractivity contribution in [3.63, 3.8) is 0 Å². The number of aromatic amines is 1. The van der Waals surface area contributed by atoms with Crippen LogP contribution in [0.25, 0.3) is 17.0 Å². The average Bonchev–Trinajstić information content (AvgIpc) is 3.32. The van der Waals surface area contributed by atoms with Gasteiger partial charge in [0.15, 0.2) is 11.5 Å². The van der Waals surface area contributed by atoms with E-state index in [1.165, 1.54) is 24.3 Å². The van der Waals surface area contributed by atoms with Gasteiger partial charge < -0.3 is 19.8 Å². The first-order valence-electron chi connectivity index (χ1n) is 8.71. The molecule has 8 nitrogen and oxygen atoms in total. The van der Waals surface area contributed by atoms with Crippen LogP contribution in [0.3, 0.4) is 0 Å². The van der Waals surface area contributed by atoms with Gasteiger partial charge in [-0.15, -0.1) is 0 Å². The number of rotatable bonds is 6. The number of H-pyrrole nitrogens is 1. The van der Waals surface area contributed by atoms with Crippen molar-refractivity contribution >= 4 is 28.6 Å². The number of hydrogen-bond acceptors (Lipinski definition) is 5. The summed E-state index contributed by atoms with van der Waals surface area (Å²) >= 11 is 0. The molecular weight excluding hydrogens is 362 g/mol. The highest BCUT2D eigenvalue weighted by atomic mass is 16.7. The summed E-state index contributed by atoms with van der Waals surface area (Å²) in [6, 6.07) is 10.8. The Bertz CT molecular complexity index is 1090. The summed E-state index contributed by atoms with van der Waals surface area (Å²) in [7, 11) is 0. The van der Waals surface area contributed by atoms with Crippen LogP contribution < -0.4 is 14.8 Å². The number of aromatic nitrogens is 1. The van der Waals surface area contributed by atoms with Crippen molar-refractivity contribution in [3.8, 4) is 11.5 Å². The first kappa shape index (κ1) is 17.6. The van der Waals surface area contributed by atoms with E-state index in [1.54, 1.807) is 0 Å². The molecule has 3 aromatic rings. The highest BCUT2D eigenvalue weighted by molar-refractivity contribution is 5.92. The second-order valence-electron chi connectivity index (χ2n) is 6.26. The molecule has 0 fully saturated rings. The zero-order chi connectivity index (χ0) is 19.5. The molecule has 0 radical (unpaired) electrons. The number of para-hydroxylation sites is 1. The van der Waals surface area contributed by atoms with Crippen LogP contribution in [0.1, 0.15) is 11.1 Å². The molecular formula is C20H17N3O5. The molecule has 0 aliphatic carbocycles. The predicted octanol–water partition coefficient (Wildman–Crippen LogP) is 3.18. The van der Waals surface area contributed by atoms with Crippen LogP contribution in [0.4, 0.5) is 5.69 Å². The van der Waals surface area contributed by atoms with Gasteiger partial charge in [-0.05, 0) is 30.2 Å². The molecule has 8 heteroatoms. The van der Waals surface area contributed by atoms with Crippen molar-refractivity contribution < 1.29 is 19.2 Å². The summed E-state index contributed by atoms with van der Waals surface area (Å²) < 4.78 is 10.4. The quantitative estimate of drug-likeness (QED) is 0.389. The summed E-state index contributed by atoms with van der Waals surface area (Å²) in [5, 5.41) is 15.2. The van der Waals surface area contributed by atoms with Crippen LogP contribution in [0.15, 0.2) is 48.7 Å². The zero-order valence-electron chi connectivity index (χ0n) is 14.8. The molecule has 2 N–H and O–H groups in total. The summed E-state index contributed by atoms with van der Waals surface area (Å²) in [5.41, 5.74) is 2.30. The second-order valence-corrected chi connectivity index (χ2v) is 6.26. The molecule has 28 heavy (non-hydrogen) atoms. The summed E-state index contributed by atoms with van der Waals surface area (Å²) in [6.07, 6.45) is 5.29. The van der Waals surface area contributed by atoms with Gasteiger partial charge in [-0.25, -0.2) is 0 Å². The number of carbonyl (C=O) groups excluding carboxylic acids is 1. The number of nitro groups is 1. The SMILES string of the molecule is O=C(C=Cc1cc2c(cc1[N+](=O)[O-])OCO2)NCCc1c[nH]c2ccccc12. The fourth-order valence-electron chi connectivity index (χ4n) is 3.12. The number of fused-ring (bicyclic) bond motifs is 2. The van der Waals surface area contributed by atoms with E-state index < -0.39 is 4.92 Å². The number of nitrogens with zero attached hydrogens (tertiary/aromatic N) is 1. The normalized spacial score (nSPS) is 12.6. The van der Waals surface area contributed by atoms with E-state index in [2.05, 4.69) is 10.3 Å². The van der Waals surface area contributed by atoms with E-state index in [0.29, 0.717) is 24.5 Å². The minimum Gasteiger partial charge on any atom is -0.454 e. The molecule has 0 atom stereocenters. The summed E-state index contributed by atoms with van der Waals surface area (Å²) in [5.74, 6) is 0.420. The molecule has 2 aromatic carbocycles. The van der Waals surface area contributed by atoms with Crippen molar-refractivity contribution in [1.82, 2.24) is 10.3 Å². The number of amides is 1. The van der Waals surface area contributed by atoms with Crippen molar-refractivity contribution in [2.75, 3.05) is 13.3 Å². The van der Waals surface area contributed by atoms with E-state index in [-0.39, 0.29) is 24.0 Å². The van der Waals surface area contributed by atoms with Gasteiger partial charge in [0, 0.05) is 29.7 Å². The van der Waals surface area contributed by atoms with Gasteiger partial charge in [0.1, 0.15) is 0 Å². The van der Waals surface area contributed by atoms with Gasteiger partial charge in [0.25, 0.3) is 5.69 Å². The third-order valence-corrected chi connectivity index (χ3v) is 4.50. The number of carbonyl (C=O) groups is 1. The van der Waals surface area contributed by atoms with Gasteiger partial charge in [-0.3, -0.25) is 14.9 Å². The zero-order valence-corrected chi connectivity index (χ0v) is 14.8. The number of benzene rings is 2. The van der Waals surface area contributed by atoms with Gasteiger partial charge in [0.05, 0.1) is 16.6 Å². The van der Waals surface area contributed by atoms with E-state index >= 15 is 0 Å². The maximum absolute atomic E-state index is 12.1. The van der Waals surface area contributed by atoms with E-state index in [1.807, 2.05) is 30.5 Å². The van der Waals surface area contributed by atoms with Gasteiger partial charge in [-0.1, -0.05) is 18.2 Å². The molecule has 1 aliphatic heterocycles. The monoisotopic (exact) mass is 379 g/mol. The summed E-state index contributed by atoms with van der Waals surface area (Å²) in [4.78, 5) is 26.0. The van der Waals surface area contributed by atoms with E-state index in [4.69, 9.17) is 9.47 Å². The topological polar surface area (TPSA) is 106 Å². The average molecular weight is 379 g/mol. The van der Waals surface area contributed by atoms with Crippen LogP contribution >= 0.6 is 0 Å². The lowest BCUT2D eigenvalue weighted by atomic mass is 10.1. The Labute approximate surface area is 159 Å². The van der Waals surface area contributed by atoms with Gasteiger partial charge in [0.2, 0.25) is 12.7 Å². The van der Waals surface area contributed by atoms with Crippen molar-refractivity contribution in [3.05, 3.63) is 69.9 Å². The molecule has 1 amide bonds. The Hall–Kier alpha value is -3.81. The van der Waals surface area contributed by atoms with Crippen LogP contribution in [0.2, 0.25) is 0 Å². The lowest BCUT2D eigenvalue weighted by Gasteiger charge is -2.03. The fourth-order valence-corrected chi connectivity index (χ4v) is 3.12. The smallest absolute Gasteiger partial charge is 0.280 e. The molecule has 1 aromatic heterocycles. The van der Waals surface area contributed by atoms with Crippen LogP contribution in [0.5, 0.6) is 11.5 Å². The molecule has 142 valence electrons. The third-order valence-electron chi connectivity index (χ3n) is 4.50. The third kappa shape index (κ3) is 3.52. The van der Waals surface area contributed by atoms with Gasteiger partial charge in [-0.2, -0.15) is 0 Å². The van der Waals surface area contributed by atoms with Gasteiger partial charge >= 0.3 is 0 Å². The molecule has 4 rings (SSSR count). The molecule has 0 bridgehead atoms. The van der Waals surface area contributed by atoms with Crippen LogP contribution in [-0.4, -0.2) is 29.2 Å². The number of hydrogen-bond donors (Lipinski definition) is 2. The number of nitrogens with one attached hydrogen (secondary N) is 2. The van der Waals surface area contributed by atoms with Crippen LogP contribution in [0, 0.1) is 10.1 Å². The Morgan fingerprint density at radius 2 is 2.04 bits per heavy atom. The maximum atomic E-state index is 12.1. The molecule has 0 saturated heterocycles. The van der Waals surface area contributed by atoms with Crippen molar-refractivity contribution in [1.29, 1.82) is 0 Å². The van der Waals surface area contributed by atoms with Crippen molar-refractivity contribution in [2.45, 2.75) is 6.42 Å². The minimum absolute atomic E-state index is 0.0218. The first-order valence-corrected chi connectivity index (χ1v) is 8.71. The largest absolute Gasteiger partial charge is 0.454 e. The van der Waals surface area contributed by atoms with E-state index in [9.17, 15) is 14.9 Å². The molecule has 0 spiro atoms. The Kier molecular flexibility index (Phi) is 4.67. The number of ether oxygens (including phenoxy) is 2. The van der Waals surface area contributed by atoms with Crippen LogP contribution in [-0.2, 0) is 11.2 Å².